The molecule has 0 spiro atoms. The minimum atomic E-state index is -0.626. The van der Waals surface area contributed by atoms with Gasteiger partial charge in [-0.15, -0.1) is 10.2 Å². The Morgan fingerprint density at radius 1 is 1.22 bits per heavy atom. The zero-order chi connectivity index (χ0) is 16.2. The van der Waals surface area contributed by atoms with Crippen LogP contribution in [-0.2, 0) is 4.74 Å². The summed E-state index contributed by atoms with van der Waals surface area (Å²) in [4.78, 5) is 16.2. The van der Waals surface area contributed by atoms with E-state index >= 15 is 0 Å². The maximum atomic E-state index is 13.5. The fourth-order valence-corrected chi connectivity index (χ4v) is 2.04. The molecule has 0 amide bonds. The molecular formula is C16H13FN4O2. The van der Waals surface area contributed by atoms with Crippen LogP contribution in [-0.4, -0.2) is 22.0 Å². The van der Waals surface area contributed by atoms with Gasteiger partial charge in [0, 0.05) is 6.20 Å². The summed E-state index contributed by atoms with van der Waals surface area (Å²) in [6.07, 6.45) is 1.20. The highest BCUT2D eigenvalue weighted by molar-refractivity contribution is 5.93. The molecule has 0 N–H and O–H groups in total. The molecule has 2 aromatic heterocycles. The fraction of sp³-hybridized carbons (Fsp3) is 0.125. The van der Waals surface area contributed by atoms with Gasteiger partial charge in [-0.05, 0) is 31.2 Å². The third kappa shape index (κ3) is 3.08. The lowest BCUT2D eigenvalue weighted by molar-refractivity contribution is 0.0521. The molecule has 3 aromatic rings. The highest BCUT2D eigenvalue weighted by atomic mass is 19.1. The van der Waals surface area contributed by atoms with E-state index in [4.69, 9.17) is 4.74 Å². The molecule has 1 aromatic carbocycles. The lowest BCUT2D eigenvalue weighted by atomic mass is 10.3. The Bertz CT molecular complexity index is 874. The maximum Gasteiger partial charge on any atom is 0.360 e. The number of aromatic nitrogens is 2. The Hall–Kier alpha value is -3.09. The smallest absolute Gasteiger partial charge is 0.360 e. The molecule has 116 valence electrons. The topological polar surface area (TPSA) is 68.3 Å². The molecule has 23 heavy (non-hydrogen) atoms. The fourth-order valence-electron chi connectivity index (χ4n) is 2.04. The number of imidazole rings is 1. The zero-order valence-electron chi connectivity index (χ0n) is 12.3. The third-order valence-electron chi connectivity index (χ3n) is 3.04. The predicted molar refractivity (Wildman–Crippen MR) is 81.7 cm³/mol. The van der Waals surface area contributed by atoms with Crippen molar-refractivity contribution < 1.29 is 13.9 Å². The number of hydrogen-bond acceptors (Lipinski definition) is 5. The third-order valence-corrected chi connectivity index (χ3v) is 3.04. The number of azo groups is 1. The molecule has 0 saturated heterocycles. The van der Waals surface area contributed by atoms with Gasteiger partial charge in [0.1, 0.15) is 11.5 Å². The normalized spacial score (nSPS) is 11.2. The van der Waals surface area contributed by atoms with Crippen molar-refractivity contribution in [2.75, 3.05) is 6.61 Å². The van der Waals surface area contributed by atoms with E-state index in [2.05, 4.69) is 15.2 Å². The van der Waals surface area contributed by atoms with Crippen molar-refractivity contribution in [1.82, 2.24) is 9.38 Å². The predicted octanol–water partition coefficient (Wildman–Crippen LogP) is 4.07. The first-order valence-electron chi connectivity index (χ1n) is 7.00. The molecule has 7 heteroatoms. The van der Waals surface area contributed by atoms with E-state index in [1.54, 1.807) is 19.1 Å². The van der Waals surface area contributed by atoms with Crippen molar-refractivity contribution in [1.29, 1.82) is 0 Å². The van der Waals surface area contributed by atoms with Gasteiger partial charge in [0.15, 0.2) is 11.5 Å². The van der Waals surface area contributed by atoms with Crippen LogP contribution >= 0.6 is 0 Å². The Balaban J connectivity index is 2.11. The van der Waals surface area contributed by atoms with E-state index in [0.29, 0.717) is 11.3 Å². The minimum absolute atomic E-state index is 0.00266. The number of hydrogen-bond donors (Lipinski definition) is 0. The van der Waals surface area contributed by atoms with Crippen LogP contribution in [0.4, 0.5) is 15.9 Å². The standard InChI is InChI=1S/C16H13FN4O2/c1-2-23-16(22)14-15(20-19-12-6-4-3-5-7-12)21-10-11(17)8-9-13(21)18-14/h3-10H,2H2,1H3. The first-order valence-corrected chi connectivity index (χ1v) is 7.00. The number of esters is 1. The van der Waals surface area contributed by atoms with Crippen LogP contribution in [0.5, 0.6) is 0 Å². The van der Waals surface area contributed by atoms with Gasteiger partial charge in [-0.1, -0.05) is 18.2 Å². The quantitative estimate of drug-likeness (QED) is 0.539. The van der Waals surface area contributed by atoms with E-state index in [9.17, 15) is 9.18 Å². The molecule has 2 heterocycles. The molecule has 0 aliphatic heterocycles. The molecule has 0 atom stereocenters. The number of carbonyl (C=O) groups is 1. The molecule has 6 nitrogen and oxygen atoms in total. The first kappa shape index (κ1) is 14.8. The van der Waals surface area contributed by atoms with E-state index in [1.807, 2.05) is 18.2 Å². The Morgan fingerprint density at radius 3 is 2.74 bits per heavy atom. The number of ether oxygens (including phenoxy) is 1. The number of nitrogens with zero attached hydrogens (tertiary/aromatic N) is 4. The SMILES string of the molecule is CCOC(=O)c1nc2ccc(F)cn2c1N=Nc1ccccc1. The number of rotatable bonds is 4. The summed E-state index contributed by atoms with van der Waals surface area (Å²) in [6, 6.07) is 11.7. The Kier molecular flexibility index (Phi) is 4.09. The van der Waals surface area contributed by atoms with Crippen LogP contribution in [0.1, 0.15) is 17.4 Å². The van der Waals surface area contributed by atoms with Crippen molar-refractivity contribution in [2.24, 2.45) is 10.2 Å². The minimum Gasteiger partial charge on any atom is -0.461 e. The van der Waals surface area contributed by atoms with Crippen LogP contribution in [0.25, 0.3) is 5.65 Å². The largest absolute Gasteiger partial charge is 0.461 e. The summed E-state index contributed by atoms with van der Waals surface area (Å²) in [7, 11) is 0. The summed E-state index contributed by atoms with van der Waals surface area (Å²) in [6.45, 7) is 1.90. The number of benzene rings is 1. The molecule has 0 aliphatic carbocycles. The van der Waals surface area contributed by atoms with Gasteiger partial charge in [-0.2, -0.15) is 0 Å². The monoisotopic (exact) mass is 312 g/mol. The molecule has 0 aliphatic rings. The van der Waals surface area contributed by atoms with Crippen molar-refractivity contribution in [3.05, 3.63) is 60.2 Å². The van der Waals surface area contributed by atoms with Gasteiger partial charge in [-0.25, -0.2) is 14.2 Å². The molecule has 0 fully saturated rings. The Labute approximate surface area is 131 Å². The van der Waals surface area contributed by atoms with Crippen LogP contribution in [0.15, 0.2) is 58.9 Å². The van der Waals surface area contributed by atoms with E-state index in [-0.39, 0.29) is 18.1 Å². The number of pyridine rings is 1. The molecule has 0 radical (unpaired) electrons. The lowest BCUT2D eigenvalue weighted by Crippen LogP contribution is -2.05. The van der Waals surface area contributed by atoms with Crippen molar-refractivity contribution in [3.63, 3.8) is 0 Å². The van der Waals surface area contributed by atoms with Gasteiger partial charge in [0.2, 0.25) is 0 Å². The summed E-state index contributed by atoms with van der Waals surface area (Å²) in [5.74, 6) is -0.970. The first-order chi connectivity index (χ1) is 11.2. The van der Waals surface area contributed by atoms with Gasteiger partial charge in [0.05, 0.1) is 12.3 Å². The van der Waals surface area contributed by atoms with Crippen molar-refractivity contribution in [2.45, 2.75) is 6.92 Å². The van der Waals surface area contributed by atoms with E-state index < -0.39 is 11.8 Å². The zero-order valence-corrected chi connectivity index (χ0v) is 12.3. The molecular weight excluding hydrogens is 299 g/mol. The summed E-state index contributed by atoms with van der Waals surface area (Å²) in [5, 5.41) is 8.13. The van der Waals surface area contributed by atoms with Gasteiger partial charge in [0.25, 0.3) is 0 Å². The molecule has 0 saturated carbocycles. The summed E-state index contributed by atoms with van der Waals surface area (Å²) >= 11 is 0. The van der Waals surface area contributed by atoms with E-state index in [0.717, 1.165) is 0 Å². The van der Waals surface area contributed by atoms with Crippen LogP contribution in [0.3, 0.4) is 0 Å². The highest BCUT2D eigenvalue weighted by Crippen LogP contribution is 2.25. The summed E-state index contributed by atoms with van der Waals surface area (Å²) in [5.41, 5.74) is 0.988. The molecule has 0 bridgehead atoms. The average molecular weight is 312 g/mol. The Morgan fingerprint density at radius 2 is 2.00 bits per heavy atom. The number of halogens is 1. The highest BCUT2D eigenvalue weighted by Gasteiger charge is 2.20. The van der Waals surface area contributed by atoms with Crippen molar-refractivity contribution >= 4 is 23.1 Å². The van der Waals surface area contributed by atoms with E-state index in [1.165, 1.54) is 22.7 Å². The van der Waals surface area contributed by atoms with Gasteiger partial charge >= 0.3 is 5.97 Å². The van der Waals surface area contributed by atoms with Crippen LogP contribution in [0, 0.1) is 5.82 Å². The molecule has 3 rings (SSSR count). The second-order valence-electron chi connectivity index (χ2n) is 4.62. The van der Waals surface area contributed by atoms with Crippen LogP contribution < -0.4 is 0 Å². The van der Waals surface area contributed by atoms with Crippen molar-refractivity contribution in [3.8, 4) is 0 Å². The van der Waals surface area contributed by atoms with Gasteiger partial charge < -0.3 is 4.74 Å². The number of carbonyl (C=O) groups excluding carboxylic acids is 1. The maximum absolute atomic E-state index is 13.5. The molecule has 0 unspecified atom stereocenters. The second-order valence-corrected chi connectivity index (χ2v) is 4.62. The number of fused-ring (bicyclic) bond motifs is 1. The van der Waals surface area contributed by atoms with Crippen LogP contribution in [0.2, 0.25) is 0 Å². The lowest BCUT2D eigenvalue weighted by Gasteiger charge is -1.99. The second kappa shape index (κ2) is 6.35. The summed E-state index contributed by atoms with van der Waals surface area (Å²) < 4.78 is 19.8. The van der Waals surface area contributed by atoms with Gasteiger partial charge in [-0.3, -0.25) is 4.40 Å². The average Bonchev–Trinajstić information content (AvgIpc) is 2.92.